The van der Waals surface area contributed by atoms with Crippen molar-refractivity contribution in [2.45, 2.75) is 20.4 Å². The highest BCUT2D eigenvalue weighted by atomic mass is 16.1. The number of nitrogens with zero attached hydrogens (tertiary/aromatic N) is 2. The summed E-state index contributed by atoms with van der Waals surface area (Å²) in [6.07, 6.45) is 2.07. The molecule has 0 spiro atoms. The normalized spacial score (nSPS) is 9.83. The highest BCUT2D eigenvalue weighted by molar-refractivity contribution is 5.49. The van der Waals surface area contributed by atoms with Crippen molar-refractivity contribution < 1.29 is 4.79 Å². The number of carbonyl (C=O) groups is 1. The van der Waals surface area contributed by atoms with E-state index in [9.17, 15) is 9.59 Å². The van der Waals surface area contributed by atoms with E-state index in [4.69, 9.17) is 0 Å². The minimum Gasteiger partial charge on any atom is -0.301 e. The molecule has 0 aromatic carbocycles. The lowest BCUT2D eigenvalue weighted by Crippen LogP contribution is -2.24. The molecule has 0 saturated heterocycles. The zero-order valence-electron chi connectivity index (χ0n) is 7.07. The van der Waals surface area contributed by atoms with Gasteiger partial charge in [-0.2, -0.15) is 0 Å². The van der Waals surface area contributed by atoms with Crippen LogP contribution in [0.3, 0.4) is 0 Å². The molecule has 1 rings (SSSR count). The third kappa shape index (κ3) is 1.42. The largest absolute Gasteiger partial charge is 0.301 e. The second-order valence-corrected chi connectivity index (χ2v) is 2.58. The van der Waals surface area contributed by atoms with Gasteiger partial charge in [0.1, 0.15) is 6.29 Å². The summed E-state index contributed by atoms with van der Waals surface area (Å²) in [5.41, 5.74) is 1.16. The summed E-state index contributed by atoms with van der Waals surface area (Å²) in [4.78, 5) is 25.4. The average molecular weight is 166 g/mol. The summed E-state index contributed by atoms with van der Waals surface area (Å²) in [5.74, 6) is 0. The Morgan fingerprint density at radius 1 is 1.58 bits per heavy atom. The number of aromatic nitrogens is 2. The predicted octanol–water partition coefficient (Wildman–Crippen LogP) is 0.0590. The standard InChI is InChI=1S/C8H10N2O2/c1-6-7(2)9-5-10(3-4-11)8(6)12/h4-5H,3H2,1-2H3. The molecule has 4 heteroatoms. The minimum absolute atomic E-state index is 0.0763. The Labute approximate surface area is 69.9 Å². The number of aldehydes is 1. The van der Waals surface area contributed by atoms with Crippen LogP contribution >= 0.6 is 0 Å². The molecule has 0 aliphatic heterocycles. The van der Waals surface area contributed by atoms with Crippen LogP contribution in [0.5, 0.6) is 0 Å². The van der Waals surface area contributed by atoms with E-state index in [-0.39, 0.29) is 12.1 Å². The highest BCUT2D eigenvalue weighted by Crippen LogP contribution is 1.93. The first-order chi connectivity index (χ1) is 5.66. The van der Waals surface area contributed by atoms with Crippen molar-refractivity contribution >= 4 is 6.29 Å². The van der Waals surface area contributed by atoms with Crippen molar-refractivity contribution in [3.8, 4) is 0 Å². The van der Waals surface area contributed by atoms with Gasteiger partial charge in [0, 0.05) is 11.3 Å². The Hall–Kier alpha value is -1.45. The van der Waals surface area contributed by atoms with Gasteiger partial charge in [-0.05, 0) is 13.8 Å². The molecule has 0 amide bonds. The minimum atomic E-state index is -0.144. The molecule has 1 heterocycles. The summed E-state index contributed by atoms with van der Waals surface area (Å²) < 4.78 is 1.29. The second kappa shape index (κ2) is 3.30. The van der Waals surface area contributed by atoms with E-state index in [1.54, 1.807) is 13.8 Å². The smallest absolute Gasteiger partial charge is 0.256 e. The summed E-state index contributed by atoms with van der Waals surface area (Å²) in [5, 5.41) is 0. The van der Waals surface area contributed by atoms with Gasteiger partial charge in [0.05, 0.1) is 12.9 Å². The summed E-state index contributed by atoms with van der Waals surface area (Å²) in [7, 11) is 0. The lowest BCUT2D eigenvalue weighted by molar-refractivity contribution is -0.108. The van der Waals surface area contributed by atoms with Gasteiger partial charge in [0.25, 0.3) is 5.56 Å². The van der Waals surface area contributed by atoms with Crippen LogP contribution in [0.1, 0.15) is 11.3 Å². The molecule has 1 aromatic heterocycles. The third-order valence-corrected chi connectivity index (χ3v) is 1.79. The Morgan fingerprint density at radius 3 is 2.83 bits per heavy atom. The third-order valence-electron chi connectivity index (χ3n) is 1.79. The van der Waals surface area contributed by atoms with E-state index in [0.717, 1.165) is 0 Å². The molecule has 0 unspecified atom stereocenters. The van der Waals surface area contributed by atoms with Crippen LogP contribution in [-0.4, -0.2) is 15.8 Å². The lowest BCUT2D eigenvalue weighted by atomic mass is 10.3. The average Bonchev–Trinajstić information content (AvgIpc) is 2.07. The summed E-state index contributed by atoms with van der Waals surface area (Å²) >= 11 is 0. The molecule has 0 atom stereocenters. The Morgan fingerprint density at radius 2 is 2.25 bits per heavy atom. The van der Waals surface area contributed by atoms with Crippen LogP contribution in [0, 0.1) is 13.8 Å². The Kier molecular flexibility index (Phi) is 2.38. The number of rotatable bonds is 2. The van der Waals surface area contributed by atoms with Crippen LogP contribution in [0.4, 0.5) is 0 Å². The van der Waals surface area contributed by atoms with Gasteiger partial charge in [-0.15, -0.1) is 0 Å². The Balaban J connectivity index is 3.26. The van der Waals surface area contributed by atoms with Crippen LogP contribution < -0.4 is 5.56 Å². The van der Waals surface area contributed by atoms with Gasteiger partial charge in [-0.1, -0.05) is 0 Å². The molecule has 0 aliphatic rings. The monoisotopic (exact) mass is 166 g/mol. The van der Waals surface area contributed by atoms with Crippen LogP contribution in [-0.2, 0) is 11.3 Å². The molecule has 0 saturated carbocycles. The van der Waals surface area contributed by atoms with E-state index in [2.05, 4.69) is 4.98 Å². The van der Waals surface area contributed by atoms with Crippen molar-refractivity contribution in [1.82, 2.24) is 9.55 Å². The molecule has 12 heavy (non-hydrogen) atoms. The van der Waals surface area contributed by atoms with E-state index in [1.807, 2.05) is 0 Å². The molecule has 1 aromatic rings. The number of hydrogen-bond acceptors (Lipinski definition) is 3. The lowest BCUT2D eigenvalue weighted by Gasteiger charge is -2.02. The van der Waals surface area contributed by atoms with Gasteiger partial charge in [0.15, 0.2) is 0 Å². The first-order valence-electron chi connectivity index (χ1n) is 3.63. The SMILES string of the molecule is Cc1ncn(CC=O)c(=O)c1C. The number of hydrogen-bond donors (Lipinski definition) is 0. The fourth-order valence-corrected chi connectivity index (χ4v) is 0.886. The van der Waals surface area contributed by atoms with Crippen molar-refractivity contribution in [2.24, 2.45) is 0 Å². The number of aryl methyl sites for hydroxylation is 1. The van der Waals surface area contributed by atoms with E-state index in [0.29, 0.717) is 17.5 Å². The van der Waals surface area contributed by atoms with Gasteiger partial charge >= 0.3 is 0 Å². The fraction of sp³-hybridized carbons (Fsp3) is 0.375. The van der Waals surface area contributed by atoms with E-state index >= 15 is 0 Å². The Bertz CT molecular complexity index is 355. The quantitative estimate of drug-likeness (QED) is 0.584. The molecule has 0 radical (unpaired) electrons. The maximum Gasteiger partial charge on any atom is 0.256 e. The van der Waals surface area contributed by atoms with Crippen molar-refractivity contribution in [2.75, 3.05) is 0 Å². The maximum atomic E-state index is 11.3. The summed E-state index contributed by atoms with van der Waals surface area (Å²) in [6.45, 7) is 3.54. The van der Waals surface area contributed by atoms with Crippen molar-refractivity contribution in [1.29, 1.82) is 0 Å². The molecule has 4 nitrogen and oxygen atoms in total. The fourth-order valence-electron chi connectivity index (χ4n) is 0.886. The predicted molar refractivity (Wildman–Crippen MR) is 44.0 cm³/mol. The van der Waals surface area contributed by atoms with Gasteiger partial charge in [-0.25, -0.2) is 4.98 Å². The van der Waals surface area contributed by atoms with Gasteiger partial charge < -0.3 is 4.79 Å². The van der Waals surface area contributed by atoms with Crippen molar-refractivity contribution in [3.63, 3.8) is 0 Å². The summed E-state index contributed by atoms with van der Waals surface area (Å²) in [6, 6.07) is 0. The highest BCUT2D eigenvalue weighted by Gasteiger charge is 2.01. The maximum absolute atomic E-state index is 11.3. The van der Waals surface area contributed by atoms with Gasteiger partial charge in [-0.3, -0.25) is 9.36 Å². The van der Waals surface area contributed by atoms with Crippen LogP contribution in [0.15, 0.2) is 11.1 Å². The van der Waals surface area contributed by atoms with Gasteiger partial charge in [0.2, 0.25) is 0 Å². The van der Waals surface area contributed by atoms with Crippen molar-refractivity contribution in [3.05, 3.63) is 27.9 Å². The zero-order valence-corrected chi connectivity index (χ0v) is 7.07. The molecule has 64 valence electrons. The van der Waals surface area contributed by atoms with E-state index < -0.39 is 0 Å². The van der Waals surface area contributed by atoms with Crippen LogP contribution in [0.2, 0.25) is 0 Å². The topological polar surface area (TPSA) is 52.0 Å². The van der Waals surface area contributed by atoms with E-state index in [1.165, 1.54) is 10.9 Å². The first-order valence-corrected chi connectivity index (χ1v) is 3.63. The molecule has 0 aliphatic carbocycles. The second-order valence-electron chi connectivity index (χ2n) is 2.58. The first kappa shape index (κ1) is 8.64. The molecule has 0 N–H and O–H groups in total. The zero-order chi connectivity index (χ0) is 9.14. The number of carbonyl (C=O) groups excluding carboxylic acids is 1. The molecule has 0 fully saturated rings. The molecular weight excluding hydrogens is 156 g/mol. The molecule has 0 bridgehead atoms. The molecular formula is C8H10N2O2. The van der Waals surface area contributed by atoms with Crippen LogP contribution in [0.25, 0.3) is 0 Å².